The molecular weight excluding hydrogens is 364 g/mol. The van der Waals surface area contributed by atoms with Crippen molar-refractivity contribution in [2.24, 2.45) is 0 Å². The molecule has 1 unspecified atom stereocenters. The molecule has 1 fully saturated rings. The minimum atomic E-state index is -0.208. The Morgan fingerprint density at radius 1 is 1.03 bits per heavy atom. The van der Waals surface area contributed by atoms with Crippen molar-refractivity contribution in [2.45, 2.75) is 18.9 Å². The van der Waals surface area contributed by atoms with E-state index in [1.807, 2.05) is 60.7 Å². The molecule has 0 saturated carbocycles. The first-order valence-corrected chi connectivity index (χ1v) is 9.57. The highest BCUT2D eigenvalue weighted by Gasteiger charge is 2.26. The average Bonchev–Trinajstić information content (AvgIpc) is 2.80. The molecule has 1 aliphatic rings. The van der Waals surface area contributed by atoms with Crippen LogP contribution < -0.4 is 4.74 Å². The van der Waals surface area contributed by atoms with Crippen LogP contribution in [0.1, 0.15) is 28.9 Å². The van der Waals surface area contributed by atoms with Crippen LogP contribution in [0.25, 0.3) is 11.1 Å². The Bertz CT molecular complexity index is 1030. The molecule has 0 spiro atoms. The highest BCUT2D eigenvalue weighted by atomic mass is 16.5. The molecule has 6 heteroatoms. The van der Waals surface area contributed by atoms with Gasteiger partial charge in [0.05, 0.1) is 6.54 Å². The zero-order chi connectivity index (χ0) is 20.1. The van der Waals surface area contributed by atoms with Crippen LogP contribution in [-0.2, 0) is 0 Å². The Hall–Kier alpha value is -3.72. The molecule has 6 nitrogen and oxygen atoms in total. The van der Waals surface area contributed by atoms with Crippen molar-refractivity contribution in [3.05, 3.63) is 78.2 Å². The standard InChI is InChI=1S/C23H20N4O2/c24-15-21-22(26-13-12-25-21)29-20-7-4-14-27(16-20)23(28)19-10-8-18(9-11-19)17-5-2-1-3-6-17/h1-3,5-6,8-13,20H,4,7,14,16H2. The van der Waals surface area contributed by atoms with Crippen molar-refractivity contribution < 1.29 is 9.53 Å². The van der Waals surface area contributed by atoms with Gasteiger partial charge in [0.25, 0.3) is 11.8 Å². The van der Waals surface area contributed by atoms with Crippen molar-refractivity contribution in [1.29, 1.82) is 5.26 Å². The Balaban J connectivity index is 1.44. The van der Waals surface area contributed by atoms with E-state index in [9.17, 15) is 4.79 Å². The molecule has 1 atom stereocenters. The first-order chi connectivity index (χ1) is 14.2. The molecular formula is C23H20N4O2. The number of piperidine rings is 1. The summed E-state index contributed by atoms with van der Waals surface area (Å²) in [4.78, 5) is 22.8. The van der Waals surface area contributed by atoms with Crippen LogP contribution in [0, 0.1) is 11.3 Å². The van der Waals surface area contributed by atoms with Gasteiger partial charge < -0.3 is 9.64 Å². The molecule has 1 saturated heterocycles. The van der Waals surface area contributed by atoms with Crippen LogP contribution in [0.3, 0.4) is 0 Å². The summed E-state index contributed by atoms with van der Waals surface area (Å²) in [6, 6.07) is 19.7. The lowest BCUT2D eigenvalue weighted by molar-refractivity contribution is 0.0526. The summed E-state index contributed by atoms with van der Waals surface area (Å²) in [5, 5.41) is 9.14. The van der Waals surface area contributed by atoms with E-state index < -0.39 is 0 Å². The Kier molecular flexibility index (Phi) is 5.48. The molecule has 2 heterocycles. The lowest BCUT2D eigenvalue weighted by Gasteiger charge is -2.32. The molecule has 1 aliphatic heterocycles. The summed E-state index contributed by atoms with van der Waals surface area (Å²) in [5.74, 6) is 0.207. The van der Waals surface area contributed by atoms with Gasteiger partial charge >= 0.3 is 0 Å². The number of rotatable bonds is 4. The average molecular weight is 384 g/mol. The predicted molar refractivity (Wildman–Crippen MR) is 108 cm³/mol. The molecule has 144 valence electrons. The third-order valence-electron chi connectivity index (χ3n) is 4.95. The fourth-order valence-electron chi connectivity index (χ4n) is 3.48. The number of ether oxygens (including phenoxy) is 1. The van der Waals surface area contributed by atoms with E-state index >= 15 is 0 Å². The molecule has 1 amide bonds. The number of carbonyl (C=O) groups is 1. The zero-order valence-corrected chi connectivity index (χ0v) is 15.9. The number of aromatic nitrogens is 2. The Morgan fingerprint density at radius 2 is 1.76 bits per heavy atom. The molecule has 0 aliphatic carbocycles. The summed E-state index contributed by atoms with van der Waals surface area (Å²) < 4.78 is 5.88. The summed E-state index contributed by atoms with van der Waals surface area (Å²) in [6.07, 6.45) is 4.39. The Morgan fingerprint density at radius 3 is 2.52 bits per heavy atom. The number of carbonyl (C=O) groups excluding carboxylic acids is 1. The van der Waals surface area contributed by atoms with Gasteiger partial charge in [-0.1, -0.05) is 42.5 Å². The Labute approximate surface area is 169 Å². The first-order valence-electron chi connectivity index (χ1n) is 9.57. The number of benzene rings is 2. The maximum Gasteiger partial charge on any atom is 0.253 e. The number of hydrogen-bond acceptors (Lipinski definition) is 5. The van der Waals surface area contributed by atoms with Gasteiger partial charge in [0.2, 0.25) is 5.69 Å². The summed E-state index contributed by atoms with van der Waals surface area (Å²) >= 11 is 0. The van der Waals surface area contributed by atoms with Crippen LogP contribution in [-0.4, -0.2) is 40.0 Å². The van der Waals surface area contributed by atoms with Gasteiger partial charge in [-0.25, -0.2) is 9.97 Å². The van der Waals surface area contributed by atoms with Crippen LogP contribution in [0.2, 0.25) is 0 Å². The minimum absolute atomic E-state index is 0.0161. The van der Waals surface area contributed by atoms with Gasteiger partial charge in [-0.15, -0.1) is 0 Å². The summed E-state index contributed by atoms with van der Waals surface area (Å²) in [7, 11) is 0. The second kappa shape index (κ2) is 8.53. The third-order valence-corrected chi connectivity index (χ3v) is 4.95. The number of amides is 1. The number of nitriles is 1. The fraction of sp³-hybridized carbons (Fsp3) is 0.217. The van der Waals surface area contributed by atoms with Crippen LogP contribution in [0.4, 0.5) is 0 Å². The van der Waals surface area contributed by atoms with Crippen molar-refractivity contribution in [2.75, 3.05) is 13.1 Å². The monoisotopic (exact) mass is 384 g/mol. The van der Waals surface area contributed by atoms with Crippen molar-refractivity contribution >= 4 is 5.91 Å². The number of hydrogen-bond donors (Lipinski definition) is 0. The first kappa shape index (κ1) is 18.6. The maximum absolute atomic E-state index is 13.0. The van der Waals surface area contributed by atoms with Crippen molar-refractivity contribution in [1.82, 2.24) is 14.9 Å². The molecule has 0 radical (unpaired) electrons. The van der Waals surface area contributed by atoms with E-state index in [-0.39, 0.29) is 23.6 Å². The quantitative estimate of drug-likeness (QED) is 0.685. The highest BCUT2D eigenvalue weighted by Crippen LogP contribution is 2.22. The maximum atomic E-state index is 13.0. The smallest absolute Gasteiger partial charge is 0.253 e. The van der Waals surface area contributed by atoms with E-state index in [4.69, 9.17) is 10.00 Å². The molecule has 4 rings (SSSR count). The highest BCUT2D eigenvalue weighted by molar-refractivity contribution is 5.94. The molecule has 0 bridgehead atoms. The van der Waals surface area contributed by atoms with E-state index in [1.165, 1.54) is 12.4 Å². The van der Waals surface area contributed by atoms with Gasteiger partial charge in [0, 0.05) is 24.5 Å². The molecule has 1 aromatic heterocycles. The number of nitrogens with zero attached hydrogens (tertiary/aromatic N) is 4. The van der Waals surface area contributed by atoms with E-state index in [1.54, 1.807) is 4.90 Å². The summed E-state index contributed by atoms with van der Waals surface area (Å²) in [5.41, 5.74) is 3.01. The topological polar surface area (TPSA) is 79.1 Å². The second-order valence-electron chi connectivity index (χ2n) is 6.90. The van der Waals surface area contributed by atoms with Crippen LogP contribution in [0.15, 0.2) is 67.0 Å². The third kappa shape index (κ3) is 4.25. The second-order valence-corrected chi connectivity index (χ2v) is 6.90. The van der Waals surface area contributed by atoms with Gasteiger partial charge in [0.1, 0.15) is 12.2 Å². The largest absolute Gasteiger partial charge is 0.470 e. The lowest BCUT2D eigenvalue weighted by atomic mass is 10.0. The molecule has 0 N–H and O–H groups in total. The molecule has 29 heavy (non-hydrogen) atoms. The van der Waals surface area contributed by atoms with Gasteiger partial charge in [0.15, 0.2) is 0 Å². The van der Waals surface area contributed by atoms with Crippen molar-refractivity contribution in [3.63, 3.8) is 0 Å². The number of likely N-dealkylation sites (tertiary alicyclic amines) is 1. The van der Waals surface area contributed by atoms with E-state index in [0.717, 1.165) is 24.0 Å². The van der Waals surface area contributed by atoms with Crippen LogP contribution in [0.5, 0.6) is 5.88 Å². The van der Waals surface area contributed by atoms with Gasteiger partial charge in [-0.3, -0.25) is 4.79 Å². The SMILES string of the molecule is N#Cc1nccnc1OC1CCCN(C(=O)c2ccc(-c3ccccc3)cc2)C1. The van der Waals surface area contributed by atoms with Crippen molar-refractivity contribution in [3.8, 4) is 23.1 Å². The predicted octanol–water partition coefficient (Wildman–Crippen LogP) is 3.70. The minimum Gasteiger partial charge on any atom is -0.470 e. The fourth-order valence-corrected chi connectivity index (χ4v) is 3.48. The zero-order valence-electron chi connectivity index (χ0n) is 15.9. The van der Waals surface area contributed by atoms with Gasteiger partial charge in [-0.2, -0.15) is 5.26 Å². The van der Waals surface area contributed by atoms with E-state index in [2.05, 4.69) is 9.97 Å². The summed E-state index contributed by atoms with van der Waals surface area (Å²) in [6.45, 7) is 1.14. The van der Waals surface area contributed by atoms with Crippen LogP contribution >= 0.6 is 0 Å². The molecule has 3 aromatic rings. The normalized spacial score (nSPS) is 16.1. The molecule has 2 aromatic carbocycles. The lowest BCUT2D eigenvalue weighted by Crippen LogP contribution is -2.44. The van der Waals surface area contributed by atoms with Gasteiger partial charge in [-0.05, 0) is 36.1 Å². The van der Waals surface area contributed by atoms with E-state index in [0.29, 0.717) is 18.7 Å².